The smallest absolute Gasteiger partial charge is 0.273 e. The number of hydrogen-bond donors (Lipinski definition) is 2. The lowest BCUT2D eigenvalue weighted by Gasteiger charge is -2.01. The van der Waals surface area contributed by atoms with Crippen molar-refractivity contribution in [2.45, 2.75) is 31.6 Å². The highest BCUT2D eigenvalue weighted by atomic mass is 32.2. The molecule has 0 radical (unpaired) electrons. The molecule has 0 aromatic carbocycles. The van der Waals surface area contributed by atoms with E-state index in [2.05, 4.69) is 9.71 Å². The van der Waals surface area contributed by atoms with Crippen molar-refractivity contribution in [2.75, 3.05) is 4.72 Å². The van der Waals surface area contributed by atoms with Gasteiger partial charge in [0.15, 0.2) is 5.13 Å². The Hall–Kier alpha value is -0.960. The minimum atomic E-state index is -3.62. The van der Waals surface area contributed by atoms with Crippen molar-refractivity contribution in [2.24, 2.45) is 0 Å². The summed E-state index contributed by atoms with van der Waals surface area (Å²) in [7, 11) is -3.62. The molecule has 0 aliphatic heterocycles. The van der Waals surface area contributed by atoms with Crippen molar-refractivity contribution in [3.8, 4) is 0 Å². The molecule has 0 spiro atoms. The van der Waals surface area contributed by atoms with Crippen molar-refractivity contribution < 1.29 is 13.5 Å². The van der Waals surface area contributed by atoms with E-state index in [-0.39, 0.29) is 10.8 Å². The summed E-state index contributed by atoms with van der Waals surface area (Å²) in [4.78, 5) is 5.80. The van der Waals surface area contributed by atoms with Gasteiger partial charge in [-0.3, -0.25) is 4.72 Å². The lowest BCUT2D eigenvalue weighted by atomic mass is 10.3. The number of hydrogen-bond acceptors (Lipinski definition) is 6. The van der Waals surface area contributed by atoms with E-state index in [4.69, 9.17) is 5.11 Å². The molecular formula is C11H14N2O3S3. The maximum atomic E-state index is 12.2. The molecule has 2 aromatic heterocycles. The number of nitrogens with zero attached hydrogens (tertiary/aromatic N) is 1. The van der Waals surface area contributed by atoms with Gasteiger partial charge in [-0.2, -0.15) is 0 Å². The van der Waals surface area contributed by atoms with Crippen LogP contribution in [0.15, 0.2) is 10.3 Å². The Kier molecular flexibility index (Phi) is 3.95. The molecule has 2 N–H and O–H groups in total. The molecule has 0 fully saturated rings. The van der Waals surface area contributed by atoms with Crippen LogP contribution in [0.1, 0.15) is 21.0 Å². The average molecular weight is 318 g/mol. The van der Waals surface area contributed by atoms with Crippen molar-refractivity contribution in [3.63, 3.8) is 0 Å². The van der Waals surface area contributed by atoms with E-state index in [1.807, 2.05) is 13.8 Å². The molecule has 0 aliphatic carbocycles. The molecule has 0 amide bonds. The summed E-state index contributed by atoms with van der Waals surface area (Å²) in [6, 6.07) is 1.56. The molecule has 2 rings (SSSR count). The van der Waals surface area contributed by atoms with Gasteiger partial charge >= 0.3 is 0 Å². The topological polar surface area (TPSA) is 79.3 Å². The number of aromatic nitrogens is 1. The molecule has 104 valence electrons. The van der Waals surface area contributed by atoms with Gasteiger partial charge in [0, 0.05) is 9.75 Å². The maximum absolute atomic E-state index is 12.2. The van der Waals surface area contributed by atoms with Gasteiger partial charge in [-0.1, -0.05) is 0 Å². The maximum Gasteiger partial charge on any atom is 0.273 e. The molecule has 0 bridgehead atoms. The van der Waals surface area contributed by atoms with Crippen LogP contribution in [0, 0.1) is 20.8 Å². The molecule has 0 saturated carbocycles. The Bertz CT molecular complexity index is 681. The Morgan fingerprint density at radius 1 is 1.32 bits per heavy atom. The van der Waals surface area contributed by atoms with Crippen LogP contribution in [0.4, 0.5) is 5.13 Å². The molecule has 2 heterocycles. The van der Waals surface area contributed by atoms with Gasteiger partial charge in [0.2, 0.25) is 0 Å². The normalized spacial score (nSPS) is 11.8. The number of sulfonamides is 1. The Balaban J connectivity index is 2.31. The second kappa shape index (κ2) is 5.20. The van der Waals surface area contributed by atoms with Crippen LogP contribution in [0.5, 0.6) is 0 Å². The number of aliphatic hydroxyl groups is 1. The van der Waals surface area contributed by atoms with Crippen LogP contribution in [0.3, 0.4) is 0 Å². The molecular weight excluding hydrogens is 304 g/mol. The Labute approximate surface area is 120 Å². The predicted molar refractivity (Wildman–Crippen MR) is 77.4 cm³/mol. The first-order valence-electron chi connectivity index (χ1n) is 5.50. The van der Waals surface area contributed by atoms with Gasteiger partial charge in [0.1, 0.15) is 4.21 Å². The summed E-state index contributed by atoms with van der Waals surface area (Å²) < 4.78 is 27.0. The van der Waals surface area contributed by atoms with E-state index >= 15 is 0 Å². The van der Waals surface area contributed by atoms with Crippen LogP contribution in [0.2, 0.25) is 0 Å². The molecule has 0 aliphatic rings. The fourth-order valence-corrected chi connectivity index (χ4v) is 4.96. The predicted octanol–water partition coefficient (Wildman–Crippen LogP) is 2.42. The molecule has 19 heavy (non-hydrogen) atoms. The van der Waals surface area contributed by atoms with Crippen LogP contribution in [-0.2, 0) is 16.6 Å². The number of rotatable bonds is 4. The number of thiazole rings is 1. The third-order valence-corrected chi connectivity index (χ3v) is 6.81. The quantitative estimate of drug-likeness (QED) is 0.907. The molecule has 5 nitrogen and oxygen atoms in total. The van der Waals surface area contributed by atoms with E-state index in [1.54, 1.807) is 13.0 Å². The Morgan fingerprint density at radius 3 is 2.47 bits per heavy atom. The highest BCUT2D eigenvalue weighted by molar-refractivity contribution is 7.94. The molecule has 0 saturated heterocycles. The van der Waals surface area contributed by atoms with Gasteiger partial charge < -0.3 is 5.11 Å². The largest absolute Gasteiger partial charge is 0.391 e. The second-order valence-corrected chi connectivity index (χ2v) is 8.35. The first-order valence-corrected chi connectivity index (χ1v) is 8.62. The monoisotopic (exact) mass is 318 g/mol. The molecule has 8 heteroatoms. The lowest BCUT2D eigenvalue weighted by Crippen LogP contribution is -2.11. The van der Waals surface area contributed by atoms with Crippen LogP contribution in [0.25, 0.3) is 0 Å². The molecule has 0 unspecified atom stereocenters. The average Bonchev–Trinajstić information content (AvgIpc) is 2.83. The number of anilines is 1. The Morgan fingerprint density at radius 2 is 2.00 bits per heavy atom. The fraction of sp³-hybridized carbons (Fsp3) is 0.364. The number of aliphatic hydroxyl groups excluding tert-OH is 1. The van der Waals surface area contributed by atoms with Crippen molar-refractivity contribution >= 4 is 37.8 Å². The van der Waals surface area contributed by atoms with Crippen molar-refractivity contribution in [1.29, 1.82) is 0 Å². The zero-order chi connectivity index (χ0) is 14.2. The van der Waals surface area contributed by atoms with Crippen molar-refractivity contribution in [3.05, 3.63) is 27.1 Å². The minimum absolute atomic E-state index is 0.151. The van der Waals surface area contributed by atoms with E-state index in [0.717, 1.165) is 27.5 Å². The van der Waals surface area contributed by atoms with Gasteiger partial charge in [-0.25, -0.2) is 13.4 Å². The summed E-state index contributed by atoms with van der Waals surface area (Å²) in [6.07, 6.45) is 0. The summed E-state index contributed by atoms with van der Waals surface area (Å²) in [6.45, 7) is 5.35. The molecule has 0 atom stereocenters. The number of nitrogens with one attached hydrogen (secondary N) is 1. The minimum Gasteiger partial charge on any atom is -0.391 e. The summed E-state index contributed by atoms with van der Waals surface area (Å²) >= 11 is 2.38. The van der Waals surface area contributed by atoms with E-state index < -0.39 is 10.0 Å². The summed E-state index contributed by atoms with van der Waals surface area (Å²) in [5, 5.41) is 9.48. The van der Waals surface area contributed by atoms with Crippen LogP contribution in [-0.4, -0.2) is 18.5 Å². The third-order valence-electron chi connectivity index (χ3n) is 2.66. The lowest BCUT2D eigenvalue weighted by molar-refractivity contribution is 0.285. The van der Waals surface area contributed by atoms with Crippen LogP contribution >= 0.6 is 22.7 Å². The zero-order valence-electron chi connectivity index (χ0n) is 10.7. The molecule has 2 aromatic rings. The van der Waals surface area contributed by atoms with Gasteiger partial charge in [0.25, 0.3) is 10.0 Å². The van der Waals surface area contributed by atoms with E-state index in [0.29, 0.717) is 10.0 Å². The number of thiophene rings is 1. The van der Waals surface area contributed by atoms with E-state index in [9.17, 15) is 8.42 Å². The van der Waals surface area contributed by atoms with Gasteiger partial charge in [-0.15, -0.1) is 22.7 Å². The fourth-order valence-electron chi connectivity index (χ4n) is 1.46. The van der Waals surface area contributed by atoms with Gasteiger partial charge in [0.05, 0.1) is 12.3 Å². The number of aryl methyl sites for hydroxylation is 3. The van der Waals surface area contributed by atoms with Crippen molar-refractivity contribution in [1.82, 2.24) is 4.98 Å². The standard InChI is InChI=1S/C11H14N2O3S3/c1-6-4-10(18-9(6)5-14)19(15,16)13-11-12-7(2)8(3)17-11/h4,14H,5H2,1-3H3,(H,12,13). The SMILES string of the molecule is Cc1cc(S(=O)(=O)Nc2nc(C)c(C)s2)sc1CO. The summed E-state index contributed by atoms with van der Waals surface area (Å²) in [5.74, 6) is 0. The highest BCUT2D eigenvalue weighted by Gasteiger charge is 2.20. The van der Waals surface area contributed by atoms with Crippen LogP contribution < -0.4 is 4.72 Å². The first-order chi connectivity index (χ1) is 8.83. The zero-order valence-corrected chi connectivity index (χ0v) is 13.2. The third kappa shape index (κ3) is 2.97. The first kappa shape index (κ1) is 14.4. The second-order valence-electron chi connectivity index (χ2n) is 4.10. The summed E-state index contributed by atoms with van der Waals surface area (Å²) in [5.41, 5.74) is 1.60. The van der Waals surface area contributed by atoms with E-state index in [1.165, 1.54) is 11.3 Å². The highest BCUT2D eigenvalue weighted by Crippen LogP contribution is 2.29. The van der Waals surface area contributed by atoms with Gasteiger partial charge in [-0.05, 0) is 32.4 Å².